The number of benzene rings is 1. The van der Waals surface area contributed by atoms with Gasteiger partial charge in [-0.3, -0.25) is 4.79 Å². The number of hydrogen-bond acceptors (Lipinski definition) is 5. The summed E-state index contributed by atoms with van der Waals surface area (Å²) in [5, 5.41) is 16.5. The van der Waals surface area contributed by atoms with Crippen molar-refractivity contribution in [1.82, 2.24) is 10.1 Å². The van der Waals surface area contributed by atoms with E-state index in [9.17, 15) is 14.7 Å². The summed E-state index contributed by atoms with van der Waals surface area (Å²) >= 11 is 0. The third kappa shape index (κ3) is 2.81. The van der Waals surface area contributed by atoms with Crippen LogP contribution in [0.4, 0.5) is 5.69 Å². The summed E-state index contributed by atoms with van der Waals surface area (Å²) in [4.78, 5) is 28.7. The highest BCUT2D eigenvalue weighted by molar-refractivity contribution is 6.12. The number of carboxylic acids is 1. The molecule has 0 spiro atoms. The van der Waals surface area contributed by atoms with E-state index < -0.39 is 5.97 Å². The summed E-state index contributed by atoms with van der Waals surface area (Å²) in [6.07, 6.45) is 2.10. The van der Waals surface area contributed by atoms with E-state index in [1.165, 1.54) is 6.07 Å². The topological polar surface area (TPSA) is 105 Å². The number of aromatic nitrogens is 2. The monoisotopic (exact) mass is 351 g/mol. The van der Waals surface area contributed by atoms with Gasteiger partial charge in [0.1, 0.15) is 0 Å². The van der Waals surface area contributed by atoms with Crippen LogP contribution in [0.1, 0.15) is 56.4 Å². The fourth-order valence-electron chi connectivity index (χ4n) is 3.01. The molecule has 7 nitrogen and oxygen atoms in total. The number of carbonyl (C=O) groups excluding carboxylic acids is 1. The maximum absolute atomic E-state index is 12.9. The van der Waals surface area contributed by atoms with Gasteiger partial charge in [0.25, 0.3) is 11.6 Å². The van der Waals surface area contributed by atoms with E-state index in [1.54, 1.807) is 32.0 Å². The molecule has 1 fully saturated rings. The minimum Gasteiger partial charge on any atom is -0.478 e. The maximum atomic E-state index is 12.9. The second-order valence-electron chi connectivity index (χ2n) is 6.61. The van der Waals surface area contributed by atoms with Crippen LogP contribution in [0.5, 0.6) is 0 Å². The predicted molar refractivity (Wildman–Crippen MR) is 94.6 cm³/mol. The van der Waals surface area contributed by atoms with Gasteiger partial charge in [-0.1, -0.05) is 11.2 Å². The van der Waals surface area contributed by atoms with Crippen molar-refractivity contribution in [3.05, 3.63) is 52.3 Å². The summed E-state index contributed by atoms with van der Waals surface area (Å²) in [6.45, 7) is 3.47. The Hall–Kier alpha value is -3.22. The molecule has 3 aromatic rings. The van der Waals surface area contributed by atoms with Crippen LogP contribution in [0.3, 0.4) is 0 Å². The molecule has 1 aromatic carbocycles. The number of nitrogens with one attached hydrogen (secondary N) is 1. The molecule has 0 unspecified atom stereocenters. The highest BCUT2D eigenvalue weighted by Crippen LogP contribution is 2.40. The van der Waals surface area contributed by atoms with Gasteiger partial charge in [-0.2, -0.15) is 0 Å². The van der Waals surface area contributed by atoms with Crippen LogP contribution < -0.4 is 5.32 Å². The highest BCUT2D eigenvalue weighted by atomic mass is 16.5. The molecule has 0 saturated heterocycles. The van der Waals surface area contributed by atoms with Gasteiger partial charge in [0.15, 0.2) is 0 Å². The van der Waals surface area contributed by atoms with Gasteiger partial charge in [-0.05, 0) is 50.5 Å². The van der Waals surface area contributed by atoms with Crippen LogP contribution in [0.25, 0.3) is 11.1 Å². The van der Waals surface area contributed by atoms with Gasteiger partial charge in [0.2, 0.25) is 0 Å². The molecule has 0 radical (unpaired) electrons. The van der Waals surface area contributed by atoms with Gasteiger partial charge >= 0.3 is 5.97 Å². The predicted octanol–water partition coefficient (Wildman–Crippen LogP) is 3.67. The second kappa shape index (κ2) is 5.94. The Morgan fingerprint density at radius 2 is 1.96 bits per heavy atom. The number of pyridine rings is 1. The summed E-state index contributed by atoms with van der Waals surface area (Å²) in [7, 11) is 0. The number of rotatable bonds is 4. The molecule has 0 aliphatic heterocycles. The molecule has 2 N–H and O–H groups in total. The molecule has 7 heteroatoms. The fraction of sp³-hybridized carbons (Fsp3) is 0.263. The van der Waals surface area contributed by atoms with Gasteiger partial charge in [-0.15, -0.1) is 0 Å². The van der Waals surface area contributed by atoms with E-state index >= 15 is 0 Å². The highest BCUT2D eigenvalue weighted by Gasteiger charge is 2.28. The number of aromatic carboxylic acids is 1. The number of carboxylic acid groups (broad SMARTS) is 1. The van der Waals surface area contributed by atoms with Crippen molar-refractivity contribution in [2.24, 2.45) is 0 Å². The quantitative estimate of drug-likeness (QED) is 0.743. The molecule has 0 atom stereocenters. The van der Waals surface area contributed by atoms with Gasteiger partial charge in [0, 0.05) is 17.3 Å². The number of carbonyl (C=O) groups is 2. The molecule has 1 aliphatic carbocycles. The van der Waals surface area contributed by atoms with Crippen LogP contribution in [-0.2, 0) is 0 Å². The zero-order valence-corrected chi connectivity index (χ0v) is 14.4. The first-order valence-corrected chi connectivity index (χ1v) is 8.36. The average Bonchev–Trinajstić information content (AvgIpc) is 3.39. The van der Waals surface area contributed by atoms with Gasteiger partial charge in [-0.25, -0.2) is 9.78 Å². The molecular formula is C19H17N3O4. The smallest absolute Gasteiger partial charge is 0.336 e. The Balaban J connectivity index is 1.73. The SMILES string of the molecule is Cc1ccc(NC(=O)c2cc(C3CC3)nc3onc(C)c23)cc1C(=O)O. The van der Waals surface area contributed by atoms with Crippen molar-refractivity contribution in [3.8, 4) is 0 Å². The lowest BCUT2D eigenvalue weighted by atomic mass is 10.1. The van der Waals surface area contributed by atoms with Gasteiger partial charge in [0.05, 0.1) is 22.2 Å². The van der Waals surface area contributed by atoms with E-state index in [4.69, 9.17) is 4.52 Å². The summed E-state index contributed by atoms with van der Waals surface area (Å²) in [5.41, 5.74) is 3.42. The van der Waals surface area contributed by atoms with Gasteiger partial charge < -0.3 is 14.9 Å². The minimum absolute atomic E-state index is 0.155. The first kappa shape index (κ1) is 16.3. The Morgan fingerprint density at radius 1 is 1.19 bits per heavy atom. The molecule has 0 bridgehead atoms. The van der Waals surface area contributed by atoms with Crippen molar-refractivity contribution in [2.75, 3.05) is 5.32 Å². The largest absolute Gasteiger partial charge is 0.478 e. The Labute approximate surface area is 149 Å². The van der Waals surface area contributed by atoms with Crippen molar-refractivity contribution in [2.45, 2.75) is 32.6 Å². The van der Waals surface area contributed by atoms with Crippen molar-refractivity contribution >= 4 is 28.7 Å². The Bertz CT molecular complexity index is 1050. The molecule has 1 saturated carbocycles. The fourth-order valence-corrected chi connectivity index (χ4v) is 3.01. The number of amides is 1. The van der Waals surface area contributed by atoms with Crippen molar-refractivity contribution in [3.63, 3.8) is 0 Å². The van der Waals surface area contributed by atoms with Crippen LogP contribution in [0.15, 0.2) is 28.8 Å². The molecule has 2 aromatic heterocycles. The van der Waals surface area contributed by atoms with Crippen LogP contribution in [0.2, 0.25) is 0 Å². The number of fused-ring (bicyclic) bond motifs is 1. The summed E-state index contributed by atoms with van der Waals surface area (Å²) in [5.74, 6) is -1.02. The number of hydrogen-bond donors (Lipinski definition) is 2. The molecular weight excluding hydrogens is 334 g/mol. The van der Waals surface area contributed by atoms with E-state index in [0.29, 0.717) is 39.5 Å². The Kier molecular flexibility index (Phi) is 3.72. The van der Waals surface area contributed by atoms with E-state index in [1.807, 2.05) is 0 Å². The molecule has 26 heavy (non-hydrogen) atoms. The van der Waals surface area contributed by atoms with E-state index in [2.05, 4.69) is 15.5 Å². The average molecular weight is 351 g/mol. The lowest BCUT2D eigenvalue weighted by molar-refractivity contribution is 0.0695. The zero-order chi connectivity index (χ0) is 18.4. The van der Waals surface area contributed by atoms with E-state index in [0.717, 1.165) is 18.5 Å². The number of aryl methyl sites for hydroxylation is 2. The van der Waals surface area contributed by atoms with Crippen LogP contribution >= 0.6 is 0 Å². The summed E-state index contributed by atoms with van der Waals surface area (Å²) in [6, 6.07) is 6.59. The minimum atomic E-state index is -1.03. The van der Waals surface area contributed by atoms with Crippen molar-refractivity contribution in [1.29, 1.82) is 0 Å². The second-order valence-corrected chi connectivity index (χ2v) is 6.61. The molecule has 4 rings (SSSR count). The summed E-state index contributed by atoms with van der Waals surface area (Å²) < 4.78 is 5.26. The van der Waals surface area contributed by atoms with Crippen LogP contribution in [-0.4, -0.2) is 27.1 Å². The number of nitrogens with zero attached hydrogens (tertiary/aromatic N) is 2. The normalized spacial score (nSPS) is 13.8. The third-order valence-electron chi connectivity index (χ3n) is 4.60. The van der Waals surface area contributed by atoms with Crippen LogP contribution in [0, 0.1) is 13.8 Å². The molecule has 132 valence electrons. The Morgan fingerprint density at radius 3 is 2.65 bits per heavy atom. The molecule has 1 amide bonds. The molecule has 1 aliphatic rings. The maximum Gasteiger partial charge on any atom is 0.336 e. The molecule has 2 heterocycles. The van der Waals surface area contributed by atoms with Crippen molar-refractivity contribution < 1.29 is 19.2 Å². The standard InChI is InChI=1S/C19H17N3O4/c1-9-3-6-12(7-13(9)19(24)25)20-17(23)14-8-15(11-4-5-11)21-18-16(14)10(2)22-26-18/h3,6-8,11H,4-5H2,1-2H3,(H,20,23)(H,24,25). The lowest BCUT2D eigenvalue weighted by Gasteiger charge is -2.09. The van der Waals surface area contributed by atoms with E-state index in [-0.39, 0.29) is 11.5 Å². The first-order valence-electron chi connectivity index (χ1n) is 8.36. The number of anilines is 1. The zero-order valence-electron chi connectivity index (χ0n) is 14.4. The lowest BCUT2D eigenvalue weighted by Crippen LogP contribution is -2.14. The first-order chi connectivity index (χ1) is 12.4. The third-order valence-corrected chi connectivity index (χ3v) is 4.60.